The molecule has 1 saturated heterocycles. The van der Waals surface area contributed by atoms with Crippen molar-refractivity contribution in [3.8, 4) is 0 Å². The average Bonchev–Trinajstić information content (AvgIpc) is 2.68. The number of nitrogens with zero attached hydrogens (tertiary/aromatic N) is 1. The second-order valence-corrected chi connectivity index (χ2v) is 4.83. The molecule has 19 heavy (non-hydrogen) atoms. The maximum atomic E-state index is 13.7. The number of hydrogen-bond donors (Lipinski definition) is 2. The Morgan fingerprint density at radius 2 is 2.11 bits per heavy atom. The van der Waals surface area contributed by atoms with Gasteiger partial charge in [0.05, 0.1) is 10.2 Å². The molecule has 2 amide bonds. The van der Waals surface area contributed by atoms with Crippen LogP contribution in [0.1, 0.15) is 6.42 Å². The van der Waals surface area contributed by atoms with Gasteiger partial charge in [-0.05, 0) is 34.5 Å². The molecule has 0 aromatic heterocycles. The van der Waals surface area contributed by atoms with Crippen LogP contribution < -0.4 is 10.2 Å². The number of benzene rings is 1. The van der Waals surface area contributed by atoms with Gasteiger partial charge in [0.25, 0.3) is 0 Å². The molecule has 102 valence electrons. The average molecular weight is 335 g/mol. The van der Waals surface area contributed by atoms with Crippen LogP contribution in [0.2, 0.25) is 0 Å². The molecule has 1 aromatic rings. The lowest BCUT2D eigenvalue weighted by atomic mass is 10.2. The van der Waals surface area contributed by atoms with E-state index in [0.717, 1.165) is 4.90 Å². The highest BCUT2D eigenvalue weighted by Gasteiger charge is 2.35. The predicted molar refractivity (Wildman–Crippen MR) is 66.0 cm³/mol. The SMILES string of the molecule is O=C(O)N[C@@H]1CCN(c2ccc(Br)c(F)c2F)C1=O. The van der Waals surface area contributed by atoms with E-state index in [9.17, 15) is 18.4 Å². The monoisotopic (exact) mass is 334 g/mol. The Kier molecular flexibility index (Phi) is 3.70. The van der Waals surface area contributed by atoms with E-state index >= 15 is 0 Å². The topological polar surface area (TPSA) is 69.6 Å². The van der Waals surface area contributed by atoms with E-state index in [-0.39, 0.29) is 23.1 Å². The van der Waals surface area contributed by atoms with E-state index in [1.807, 2.05) is 5.32 Å². The lowest BCUT2D eigenvalue weighted by molar-refractivity contribution is -0.118. The summed E-state index contributed by atoms with van der Waals surface area (Å²) < 4.78 is 27.1. The first kappa shape index (κ1) is 13.7. The lowest BCUT2D eigenvalue weighted by Crippen LogP contribution is -2.41. The van der Waals surface area contributed by atoms with Crippen molar-refractivity contribution < 1.29 is 23.5 Å². The minimum absolute atomic E-state index is 0.0411. The maximum Gasteiger partial charge on any atom is 0.405 e. The summed E-state index contributed by atoms with van der Waals surface area (Å²) in [6, 6.07) is 1.63. The fourth-order valence-electron chi connectivity index (χ4n) is 1.93. The Labute approximate surface area is 115 Å². The second-order valence-electron chi connectivity index (χ2n) is 3.98. The number of carbonyl (C=O) groups excluding carboxylic acids is 1. The van der Waals surface area contributed by atoms with Crippen molar-refractivity contribution in [1.29, 1.82) is 0 Å². The van der Waals surface area contributed by atoms with Crippen molar-refractivity contribution in [3.05, 3.63) is 28.2 Å². The van der Waals surface area contributed by atoms with E-state index < -0.39 is 29.7 Å². The normalized spacial score (nSPS) is 18.8. The number of amides is 2. The van der Waals surface area contributed by atoms with E-state index in [4.69, 9.17) is 5.11 Å². The highest BCUT2D eigenvalue weighted by molar-refractivity contribution is 9.10. The second kappa shape index (κ2) is 5.12. The molecule has 0 aliphatic carbocycles. The van der Waals surface area contributed by atoms with Crippen LogP contribution in [0, 0.1) is 11.6 Å². The summed E-state index contributed by atoms with van der Waals surface area (Å²) in [5.74, 6) is -2.82. The van der Waals surface area contributed by atoms with Gasteiger partial charge in [0.2, 0.25) is 5.91 Å². The molecule has 2 N–H and O–H groups in total. The van der Waals surface area contributed by atoms with Crippen LogP contribution in [0.15, 0.2) is 16.6 Å². The number of rotatable bonds is 2. The Morgan fingerprint density at radius 3 is 2.74 bits per heavy atom. The summed E-state index contributed by atoms with van der Waals surface area (Å²) in [5.41, 5.74) is -0.194. The van der Waals surface area contributed by atoms with Crippen LogP contribution in [-0.4, -0.2) is 29.7 Å². The van der Waals surface area contributed by atoms with Crippen LogP contribution in [-0.2, 0) is 4.79 Å². The fourth-order valence-corrected chi connectivity index (χ4v) is 2.23. The quantitative estimate of drug-likeness (QED) is 0.814. The number of halogens is 3. The highest BCUT2D eigenvalue weighted by Crippen LogP contribution is 2.29. The minimum Gasteiger partial charge on any atom is -0.465 e. The molecular formula is C11H9BrF2N2O3. The molecule has 5 nitrogen and oxygen atoms in total. The summed E-state index contributed by atoms with van der Waals surface area (Å²) in [6.45, 7) is 0.127. The first-order valence-corrected chi connectivity index (χ1v) is 6.15. The van der Waals surface area contributed by atoms with Crippen molar-refractivity contribution in [1.82, 2.24) is 5.32 Å². The Hall–Kier alpha value is -1.70. The minimum atomic E-state index is -1.33. The van der Waals surface area contributed by atoms with Gasteiger partial charge >= 0.3 is 6.09 Å². The van der Waals surface area contributed by atoms with Crippen LogP contribution in [0.25, 0.3) is 0 Å². The molecule has 0 saturated carbocycles. The molecular weight excluding hydrogens is 326 g/mol. The van der Waals surface area contributed by atoms with Crippen LogP contribution >= 0.6 is 15.9 Å². The molecule has 0 radical (unpaired) electrons. The zero-order chi connectivity index (χ0) is 14.2. The van der Waals surface area contributed by atoms with Gasteiger partial charge in [-0.25, -0.2) is 13.6 Å². The molecule has 0 spiro atoms. The van der Waals surface area contributed by atoms with Crippen molar-refractivity contribution >= 4 is 33.6 Å². The summed E-state index contributed by atoms with van der Waals surface area (Å²) in [5, 5.41) is 10.6. The van der Waals surface area contributed by atoms with Crippen LogP contribution in [0.5, 0.6) is 0 Å². The molecule has 1 aliphatic heterocycles. The third kappa shape index (κ3) is 2.53. The van der Waals surface area contributed by atoms with Gasteiger partial charge < -0.3 is 15.3 Å². The Morgan fingerprint density at radius 1 is 1.42 bits per heavy atom. The van der Waals surface area contributed by atoms with Gasteiger partial charge in [-0.15, -0.1) is 0 Å². The molecule has 1 fully saturated rings. The Bertz CT molecular complexity index is 553. The molecule has 1 aromatic carbocycles. The molecule has 1 atom stereocenters. The molecule has 0 bridgehead atoms. The van der Waals surface area contributed by atoms with Gasteiger partial charge in [0.15, 0.2) is 11.6 Å². The van der Waals surface area contributed by atoms with Gasteiger partial charge in [-0.2, -0.15) is 0 Å². The number of carbonyl (C=O) groups is 2. The first-order valence-electron chi connectivity index (χ1n) is 5.36. The zero-order valence-corrected chi connectivity index (χ0v) is 11.1. The first-order chi connectivity index (χ1) is 8.91. The number of hydrogen-bond acceptors (Lipinski definition) is 2. The fraction of sp³-hybridized carbons (Fsp3) is 0.273. The third-order valence-corrected chi connectivity index (χ3v) is 3.42. The van der Waals surface area contributed by atoms with Crippen molar-refractivity contribution in [2.75, 3.05) is 11.4 Å². The number of carboxylic acid groups (broad SMARTS) is 1. The summed E-state index contributed by atoms with van der Waals surface area (Å²) >= 11 is 2.84. The van der Waals surface area contributed by atoms with Gasteiger partial charge in [0.1, 0.15) is 6.04 Å². The van der Waals surface area contributed by atoms with E-state index in [1.54, 1.807) is 0 Å². The van der Waals surface area contributed by atoms with Gasteiger partial charge in [-0.1, -0.05) is 0 Å². The van der Waals surface area contributed by atoms with E-state index in [0.29, 0.717) is 0 Å². The summed E-state index contributed by atoms with van der Waals surface area (Å²) in [6.07, 6.45) is -1.12. The zero-order valence-electron chi connectivity index (χ0n) is 9.49. The molecule has 1 aliphatic rings. The number of anilines is 1. The van der Waals surface area contributed by atoms with Gasteiger partial charge in [-0.3, -0.25) is 4.79 Å². The standard InChI is InChI=1S/C11H9BrF2N2O3/c12-5-1-2-7(9(14)8(5)13)16-4-3-6(10(16)17)15-11(18)19/h1-2,6,15H,3-4H2,(H,18,19)/t6-/m1/s1. The van der Waals surface area contributed by atoms with Crippen molar-refractivity contribution in [2.24, 2.45) is 0 Å². The summed E-state index contributed by atoms with van der Waals surface area (Å²) in [7, 11) is 0. The molecule has 0 unspecified atom stereocenters. The third-order valence-electron chi connectivity index (χ3n) is 2.81. The molecule has 8 heteroatoms. The Balaban J connectivity index is 2.27. The van der Waals surface area contributed by atoms with Crippen LogP contribution in [0.3, 0.4) is 0 Å². The van der Waals surface area contributed by atoms with Gasteiger partial charge in [0, 0.05) is 6.54 Å². The highest BCUT2D eigenvalue weighted by atomic mass is 79.9. The van der Waals surface area contributed by atoms with Crippen molar-refractivity contribution in [2.45, 2.75) is 12.5 Å². The lowest BCUT2D eigenvalue weighted by Gasteiger charge is -2.18. The van der Waals surface area contributed by atoms with E-state index in [1.165, 1.54) is 12.1 Å². The van der Waals surface area contributed by atoms with E-state index in [2.05, 4.69) is 15.9 Å². The van der Waals surface area contributed by atoms with Crippen LogP contribution in [0.4, 0.5) is 19.3 Å². The van der Waals surface area contributed by atoms with Crippen molar-refractivity contribution in [3.63, 3.8) is 0 Å². The predicted octanol–water partition coefficient (Wildman–Crippen LogP) is 2.10. The maximum absolute atomic E-state index is 13.7. The number of nitrogens with one attached hydrogen (secondary N) is 1. The smallest absolute Gasteiger partial charge is 0.405 e. The largest absolute Gasteiger partial charge is 0.465 e. The molecule has 1 heterocycles. The molecule has 2 rings (SSSR count). The summed E-state index contributed by atoms with van der Waals surface area (Å²) in [4.78, 5) is 23.4.